The fraction of sp³-hybridized carbons (Fsp3) is 0.200. The standard InChI is InChI=1S/C10H7ClF3N3O/c1-15-8-9(18)17-7-3-5(11)4(10(12,13)14)2-6(7)16-8/h2-3H,1H3,(H,15,16)(H,17,18)/p+1. The van der Waals surface area contributed by atoms with Crippen LogP contribution in [0.4, 0.5) is 19.0 Å². The first-order valence-electron chi connectivity index (χ1n) is 4.93. The molecule has 0 aliphatic rings. The molecular formula is C10H8ClF3N3O+. The van der Waals surface area contributed by atoms with E-state index in [4.69, 9.17) is 11.6 Å². The minimum atomic E-state index is -4.56. The number of fused-ring (bicyclic) bond motifs is 1. The highest BCUT2D eigenvalue weighted by molar-refractivity contribution is 6.32. The van der Waals surface area contributed by atoms with Gasteiger partial charge in [-0.3, -0.25) is 10.1 Å². The second-order valence-corrected chi connectivity index (χ2v) is 3.99. The van der Waals surface area contributed by atoms with Crippen LogP contribution in [0.5, 0.6) is 0 Å². The normalized spacial score (nSPS) is 12.1. The highest BCUT2D eigenvalue weighted by atomic mass is 35.5. The van der Waals surface area contributed by atoms with Crippen molar-refractivity contribution in [2.24, 2.45) is 0 Å². The lowest BCUT2D eigenvalue weighted by atomic mass is 10.2. The van der Waals surface area contributed by atoms with Gasteiger partial charge in [0.15, 0.2) is 0 Å². The highest BCUT2D eigenvalue weighted by Gasteiger charge is 2.33. The molecule has 0 spiro atoms. The summed E-state index contributed by atoms with van der Waals surface area (Å²) in [5.41, 5.74) is -1.23. The molecule has 0 saturated carbocycles. The van der Waals surface area contributed by atoms with Crippen LogP contribution in [0.3, 0.4) is 0 Å². The van der Waals surface area contributed by atoms with Crippen LogP contribution in [0.1, 0.15) is 5.56 Å². The molecule has 1 heterocycles. The maximum Gasteiger partial charge on any atom is 0.417 e. The van der Waals surface area contributed by atoms with E-state index in [9.17, 15) is 18.0 Å². The Balaban J connectivity index is 2.78. The van der Waals surface area contributed by atoms with Gasteiger partial charge in [-0.05, 0) is 12.1 Å². The van der Waals surface area contributed by atoms with Gasteiger partial charge in [0, 0.05) is 0 Å². The number of halogens is 4. The summed E-state index contributed by atoms with van der Waals surface area (Å²) in [5.74, 6) is 0.0675. The largest absolute Gasteiger partial charge is 0.417 e. The Bertz CT molecular complexity index is 666. The van der Waals surface area contributed by atoms with Crippen molar-refractivity contribution in [3.8, 4) is 0 Å². The van der Waals surface area contributed by atoms with Gasteiger partial charge in [0.25, 0.3) is 5.82 Å². The molecule has 0 amide bonds. The number of hydrogen-bond acceptors (Lipinski definition) is 2. The first-order chi connectivity index (χ1) is 8.32. The van der Waals surface area contributed by atoms with E-state index in [1.54, 1.807) is 7.05 Å². The van der Waals surface area contributed by atoms with Crippen molar-refractivity contribution in [1.29, 1.82) is 0 Å². The van der Waals surface area contributed by atoms with E-state index < -0.39 is 22.3 Å². The second-order valence-electron chi connectivity index (χ2n) is 3.59. The Morgan fingerprint density at radius 3 is 2.61 bits per heavy atom. The Morgan fingerprint density at radius 1 is 1.39 bits per heavy atom. The molecule has 4 nitrogen and oxygen atoms in total. The number of benzene rings is 1. The van der Waals surface area contributed by atoms with Crippen LogP contribution in [0.2, 0.25) is 5.02 Å². The van der Waals surface area contributed by atoms with Gasteiger partial charge in [0.1, 0.15) is 0 Å². The highest BCUT2D eigenvalue weighted by Crippen LogP contribution is 2.36. The zero-order chi connectivity index (χ0) is 13.5. The first kappa shape index (κ1) is 12.8. The van der Waals surface area contributed by atoms with E-state index in [-0.39, 0.29) is 16.9 Å². The van der Waals surface area contributed by atoms with Crippen LogP contribution in [-0.2, 0) is 6.18 Å². The molecule has 0 aliphatic heterocycles. The zero-order valence-corrected chi connectivity index (χ0v) is 9.86. The van der Waals surface area contributed by atoms with E-state index in [0.717, 1.165) is 12.1 Å². The van der Waals surface area contributed by atoms with Gasteiger partial charge in [-0.25, -0.2) is 0 Å². The average molecular weight is 279 g/mol. The Kier molecular flexibility index (Phi) is 3.04. The Hall–Kier alpha value is -1.60. The average Bonchev–Trinajstić information content (AvgIpc) is 2.26. The lowest BCUT2D eigenvalue weighted by Crippen LogP contribution is -2.75. The number of rotatable bonds is 1. The third kappa shape index (κ3) is 2.19. The maximum atomic E-state index is 12.6. The molecule has 8 heteroatoms. The predicted molar refractivity (Wildman–Crippen MR) is 59.9 cm³/mol. The van der Waals surface area contributed by atoms with Crippen LogP contribution in [0.25, 0.3) is 11.0 Å². The van der Waals surface area contributed by atoms with Crippen LogP contribution in [-0.4, -0.2) is 17.0 Å². The molecule has 0 aliphatic carbocycles. The van der Waals surface area contributed by atoms with Crippen LogP contribution in [0, 0.1) is 0 Å². The van der Waals surface area contributed by atoms with E-state index in [0.29, 0.717) is 0 Å². The van der Waals surface area contributed by atoms with E-state index in [1.807, 2.05) is 0 Å². The molecule has 0 saturated heterocycles. The van der Waals surface area contributed by atoms with Crippen molar-refractivity contribution >= 4 is 28.5 Å². The number of aromatic amines is 1. The van der Waals surface area contributed by atoms with Crippen LogP contribution in [0.15, 0.2) is 16.9 Å². The number of alkyl halides is 3. The van der Waals surface area contributed by atoms with Gasteiger partial charge in [0.05, 0.1) is 28.7 Å². The Labute approximate surface area is 104 Å². The van der Waals surface area contributed by atoms with Gasteiger partial charge in [0.2, 0.25) is 0 Å². The van der Waals surface area contributed by atoms with Gasteiger partial charge in [-0.2, -0.15) is 18.2 Å². The topological polar surface area (TPSA) is 62.4 Å². The van der Waals surface area contributed by atoms with Gasteiger partial charge < -0.3 is 4.98 Å². The number of hydrogen-bond donors (Lipinski definition) is 2. The third-order valence-electron chi connectivity index (χ3n) is 2.39. The predicted octanol–water partition coefficient (Wildman–Crippen LogP) is 1.42. The van der Waals surface area contributed by atoms with Crippen molar-refractivity contribution < 1.29 is 18.5 Å². The van der Waals surface area contributed by atoms with Crippen LogP contribution < -0.4 is 10.9 Å². The van der Waals surface area contributed by atoms with Crippen molar-refractivity contribution in [2.75, 3.05) is 7.05 Å². The monoisotopic (exact) mass is 278 g/mol. The summed E-state index contributed by atoms with van der Waals surface area (Å²) in [6.45, 7) is 0. The second kappa shape index (κ2) is 4.25. The van der Waals surface area contributed by atoms with E-state index in [1.165, 1.54) is 5.32 Å². The lowest BCUT2D eigenvalue weighted by Gasteiger charge is -2.09. The molecule has 2 aromatic rings. The Morgan fingerprint density at radius 2 is 2.06 bits per heavy atom. The molecule has 1 aromatic carbocycles. The smallest absolute Gasteiger partial charge is 0.314 e. The number of nitrogens with two attached hydrogens (primary N) is 1. The van der Waals surface area contributed by atoms with Crippen molar-refractivity contribution in [1.82, 2.24) is 9.97 Å². The molecule has 0 radical (unpaired) electrons. The molecule has 0 unspecified atom stereocenters. The minimum Gasteiger partial charge on any atom is -0.314 e. The molecule has 18 heavy (non-hydrogen) atoms. The number of nitrogens with zero attached hydrogens (tertiary/aromatic N) is 1. The van der Waals surface area contributed by atoms with Crippen molar-refractivity contribution in [3.05, 3.63) is 33.1 Å². The van der Waals surface area contributed by atoms with Crippen molar-refractivity contribution in [3.63, 3.8) is 0 Å². The maximum absolute atomic E-state index is 12.6. The summed E-state index contributed by atoms with van der Waals surface area (Å²) in [6.07, 6.45) is -4.56. The summed E-state index contributed by atoms with van der Waals surface area (Å²) in [6, 6.07) is 1.87. The molecule has 3 N–H and O–H groups in total. The molecule has 0 fully saturated rings. The van der Waals surface area contributed by atoms with E-state index >= 15 is 0 Å². The van der Waals surface area contributed by atoms with Gasteiger partial charge >= 0.3 is 11.7 Å². The van der Waals surface area contributed by atoms with Gasteiger partial charge in [-0.15, -0.1) is 0 Å². The lowest BCUT2D eigenvalue weighted by molar-refractivity contribution is -0.544. The molecule has 1 aromatic heterocycles. The fourth-order valence-corrected chi connectivity index (χ4v) is 1.81. The first-order valence-corrected chi connectivity index (χ1v) is 5.31. The molecular weight excluding hydrogens is 271 g/mol. The molecule has 0 atom stereocenters. The third-order valence-corrected chi connectivity index (χ3v) is 2.70. The van der Waals surface area contributed by atoms with Crippen LogP contribution >= 0.6 is 11.6 Å². The fourth-order valence-electron chi connectivity index (χ4n) is 1.53. The molecule has 96 valence electrons. The number of aromatic nitrogens is 2. The molecule has 0 bridgehead atoms. The summed E-state index contributed by atoms with van der Waals surface area (Å²) >= 11 is 5.54. The summed E-state index contributed by atoms with van der Waals surface area (Å²) < 4.78 is 37.9. The number of nitrogens with one attached hydrogen (secondary N) is 1. The van der Waals surface area contributed by atoms with E-state index in [2.05, 4.69) is 9.97 Å². The number of H-pyrrole nitrogens is 1. The summed E-state index contributed by atoms with van der Waals surface area (Å²) in [7, 11) is 1.57. The van der Waals surface area contributed by atoms with Crippen molar-refractivity contribution in [2.45, 2.75) is 6.18 Å². The molecule has 2 rings (SSSR count). The SMILES string of the molecule is C[NH2+]c1nc2cc(C(F)(F)F)c(Cl)cc2[nH]c1=O. The zero-order valence-electron chi connectivity index (χ0n) is 9.10. The summed E-state index contributed by atoms with van der Waals surface area (Å²) in [5, 5.41) is 0.945. The number of quaternary nitrogens is 1. The quantitative estimate of drug-likeness (QED) is 0.829. The summed E-state index contributed by atoms with van der Waals surface area (Å²) in [4.78, 5) is 17.7. The van der Waals surface area contributed by atoms with Gasteiger partial charge in [-0.1, -0.05) is 11.6 Å². The minimum absolute atomic E-state index is 0.0411.